The van der Waals surface area contributed by atoms with Gasteiger partial charge in [0, 0.05) is 23.8 Å². The average molecular weight is 364 g/mol. The molecule has 1 saturated heterocycles. The average Bonchev–Trinajstić information content (AvgIpc) is 3.10. The summed E-state index contributed by atoms with van der Waals surface area (Å²) in [4.78, 5) is 26.7. The zero-order valence-electron chi connectivity index (χ0n) is 14.5. The van der Waals surface area contributed by atoms with Crippen LogP contribution in [-0.4, -0.2) is 36.0 Å². The highest BCUT2D eigenvalue weighted by Crippen LogP contribution is 2.24. The molecule has 1 saturated carbocycles. The molecule has 3 rings (SSSR count). The summed E-state index contributed by atoms with van der Waals surface area (Å²) < 4.78 is 0. The molecular weight excluding hydrogens is 338 g/mol. The van der Waals surface area contributed by atoms with Gasteiger partial charge in [-0.3, -0.25) is 4.79 Å². The van der Waals surface area contributed by atoms with E-state index in [9.17, 15) is 9.59 Å². The number of hydrogen-bond donors (Lipinski definition) is 2. The summed E-state index contributed by atoms with van der Waals surface area (Å²) in [6.07, 6.45) is 7.80. The van der Waals surface area contributed by atoms with Gasteiger partial charge in [-0.05, 0) is 49.8 Å². The van der Waals surface area contributed by atoms with E-state index in [1.54, 1.807) is 29.2 Å². The van der Waals surface area contributed by atoms with Crippen LogP contribution >= 0.6 is 11.6 Å². The van der Waals surface area contributed by atoms with Gasteiger partial charge in [-0.25, -0.2) is 4.79 Å². The largest absolute Gasteiger partial charge is 0.354 e. The summed E-state index contributed by atoms with van der Waals surface area (Å²) in [6.45, 7) is 1.34. The Morgan fingerprint density at radius 2 is 1.92 bits per heavy atom. The first-order valence-electron chi connectivity index (χ1n) is 9.24. The minimum atomic E-state index is -0.372. The van der Waals surface area contributed by atoms with Crippen LogP contribution in [0, 0.1) is 5.92 Å². The van der Waals surface area contributed by atoms with Gasteiger partial charge in [0.15, 0.2) is 0 Å². The molecule has 1 aliphatic heterocycles. The van der Waals surface area contributed by atoms with Gasteiger partial charge in [0.25, 0.3) is 0 Å². The van der Waals surface area contributed by atoms with Crippen LogP contribution in [0.4, 0.5) is 10.5 Å². The van der Waals surface area contributed by atoms with Crippen molar-refractivity contribution in [3.05, 3.63) is 29.3 Å². The SMILES string of the molecule is O=C(NCC1CCCCC1)[C@@H]1CCCN1C(=O)Nc1cccc(Cl)c1. The Morgan fingerprint density at radius 1 is 1.12 bits per heavy atom. The van der Waals surface area contributed by atoms with Gasteiger partial charge in [-0.15, -0.1) is 0 Å². The molecular formula is C19H26ClN3O2. The van der Waals surface area contributed by atoms with Crippen LogP contribution in [0.5, 0.6) is 0 Å². The number of nitrogens with zero attached hydrogens (tertiary/aromatic N) is 1. The van der Waals surface area contributed by atoms with Crippen molar-refractivity contribution in [3.8, 4) is 0 Å². The molecule has 1 atom stereocenters. The highest BCUT2D eigenvalue weighted by Gasteiger charge is 2.34. The molecule has 2 fully saturated rings. The first-order chi connectivity index (χ1) is 12.1. The van der Waals surface area contributed by atoms with Crippen LogP contribution in [0.15, 0.2) is 24.3 Å². The highest BCUT2D eigenvalue weighted by molar-refractivity contribution is 6.30. The van der Waals surface area contributed by atoms with Gasteiger partial charge in [0.05, 0.1) is 0 Å². The van der Waals surface area contributed by atoms with Crippen molar-refractivity contribution in [3.63, 3.8) is 0 Å². The molecule has 25 heavy (non-hydrogen) atoms. The maximum absolute atomic E-state index is 12.6. The first-order valence-corrected chi connectivity index (χ1v) is 9.62. The van der Waals surface area contributed by atoms with Crippen molar-refractivity contribution < 1.29 is 9.59 Å². The van der Waals surface area contributed by atoms with Crippen molar-refractivity contribution in [2.45, 2.75) is 51.0 Å². The molecule has 0 radical (unpaired) electrons. The second-order valence-electron chi connectivity index (χ2n) is 7.04. The van der Waals surface area contributed by atoms with Gasteiger partial charge >= 0.3 is 6.03 Å². The van der Waals surface area contributed by atoms with Gasteiger partial charge in [-0.2, -0.15) is 0 Å². The van der Waals surface area contributed by atoms with E-state index in [0.717, 1.165) is 19.4 Å². The number of halogens is 1. The topological polar surface area (TPSA) is 61.4 Å². The summed E-state index contributed by atoms with van der Waals surface area (Å²) in [5.41, 5.74) is 0.644. The maximum Gasteiger partial charge on any atom is 0.322 e. The molecule has 2 aliphatic rings. The predicted octanol–water partition coefficient (Wildman–Crippen LogP) is 4.03. The fourth-order valence-electron chi connectivity index (χ4n) is 3.80. The highest BCUT2D eigenvalue weighted by atomic mass is 35.5. The Morgan fingerprint density at radius 3 is 2.68 bits per heavy atom. The minimum absolute atomic E-state index is 0.0238. The van der Waals surface area contributed by atoms with E-state index >= 15 is 0 Å². The Hall–Kier alpha value is -1.75. The molecule has 5 nitrogen and oxygen atoms in total. The summed E-state index contributed by atoms with van der Waals surface area (Å²) in [5, 5.41) is 6.48. The lowest BCUT2D eigenvalue weighted by atomic mass is 9.89. The summed E-state index contributed by atoms with van der Waals surface area (Å²) in [6, 6.07) is 6.43. The zero-order valence-corrected chi connectivity index (χ0v) is 15.2. The predicted molar refractivity (Wildman–Crippen MR) is 99.8 cm³/mol. The Labute approximate surface area is 154 Å². The lowest BCUT2D eigenvalue weighted by Gasteiger charge is -2.26. The number of anilines is 1. The maximum atomic E-state index is 12.6. The second-order valence-corrected chi connectivity index (χ2v) is 7.48. The molecule has 1 aromatic carbocycles. The van der Waals surface area contributed by atoms with E-state index in [0.29, 0.717) is 23.2 Å². The van der Waals surface area contributed by atoms with Gasteiger partial charge in [0.1, 0.15) is 6.04 Å². The van der Waals surface area contributed by atoms with Gasteiger partial charge in [0.2, 0.25) is 5.91 Å². The van der Waals surface area contributed by atoms with E-state index in [1.165, 1.54) is 32.1 Å². The normalized spacial score (nSPS) is 21.2. The molecule has 0 unspecified atom stereocenters. The first kappa shape index (κ1) is 18.1. The van der Waals surface area contributed by atoms with Crippen LogP contribution in [0.1, 0.15) is 44.9 Å². The van der Waals surface area contributed by atoms with E-state index in [4.69, 9.17) is 11.6 Å². The summed E-state index contributed by atoms with van der Waals surface area (Å²) in [7, 11) is 0. The van der Waals surface area contributed by atoms with Crippen LogP contribution in [0.25, 0.3) is 0 Å². The Bertz CT molecular complexity index is 616. The lowest BCUT2D eigenvalue weighted by Crippen LogP contribution is -2.48. The molecule has 2 N–H and O–H groups in total. The minimum Gasteiger partial charge on any atom is -0.354 e. The number of amides is 3. The summed E-state index contributed by atoms with van der Waals surface area (Å²) >= 11 is 5.95. The fraction of sp³-hybridized carbons (Fsp3) is 0.579. The third-order valence-corrected chi connectivity index (χ3v) is 5.42. The van der Waals surface area contributed by atoms with E-state index in [-0.39, 0.29) is 18.0 Å². The number of rotatable bonds is 4. The van der Waals surface area contributed by atoms with E-state index < -0.39 is 0 Å². The smallest absolute Gasteiger partial charge is 0.322 e. The molecule has 0 spiro atoms. The zero-order chi connectivity index (χ0) is 17.6. The second kappa shape index (κ2) is 8.56. The molecule has 1 heterocycles. The van der Waals surface area contributed by atoms with Crippen molar-refractivity contribution in [1.29, 1.82) is 0 Å². The quantitative estimate of drug-likeness (QED) is 0.848. The monoisotopic (exact) mass is 363 g/mol. The number of likely N-dealkylation sites (tertiary alicyclic amines) is 1. The van der Waals surface area contributed by atoms with Crippen LogP contribution < -0.4 is 10.6 Å². The molecule has 0 aromatic heterocycles. The molecule has 6 heteroatoms. The Balaban J connectivity index is 1.53. The third kappa shape index (κ3) is 4.88. The standard InChI is InChI=1S/C19H26ClN3O2/c20-15-8-4-9-16(12-15)22-19(25)23-11-5-10-17(23)18(24)21-13-14-6-2-1-3-7-14/h4,8-9,12,14,17H,1-3,5-7,10-11,13H2,(H,21,24)(H,22,25)/t17-/m0/s1. The summed E-state index contributed by atoms with van der Waals surface area (Å²) in [5.74, 6) is 0.567. The number of hydrogen-bond acceptors (Lipinski definition) is 2. The van der Waals surface area contributed by atoms with Crippen LogP contribution in [0.3, 0.4) is 0 Å². The van der Waals surface area contributed by atoms with Crippen molar-refractivity contribution in [2.75, 3.05) is 18.4 Å². The lowest BCUT2D eigenvalue weighted by molar-refractivity contribution is -0.124. The fourth-order valence-corrected chi connectivity index (χ4v) is 3.99. The molecule has 0 bridgehead atoms. The van der Waals surface area contributed by atoms with E-state index in [1.807, 2.05) is 0 Å². The van der Waals surface area contributed by atoms with Crippen molar-refractivity contribution in [2.24, 2.45) is 5.92 Å². The number of urea groups is 1. The van der Waals surface area contributed by atoms with E-state index in [2.05, 4.69) is 10.6 Å². The number of nitrogens with one attached hydrogen (secondary N) is 2. The Kier molecular flexibility index (Phi) is 6.19. The molecule has 3 amide bonds. The number of carbonyl (C=O) groups excluding carboxylic acids is 2. The molecule has 1 aromatic rings. The number of benzene rings is 1. The third-order valence-electron chi connectivity index (χ3n) is 5.18. The van der Waals surface area contributed by atoms with Crippen molar-refractivity contribution >= 4 is 29.2 Å². The van der Waals surface area contributed by atoms with Gasteiger partial charge in [-0.1, -0.05) is 36.9 Å². The number of carbonyl (C=O) groups is 2. The van der Waals surface area contributed by atoms with Gasteiger partial charge < -0.3 is 15.5 Å². The van der Waals surface area contributed by atoms with Crippen LogP contribution in [0.2, 0.25) is 5.02 Å². The van der Waals surface area contributed by atoms with Crippen molar-refractivity contribution in [1.82, 2.24) is 10.2 Å². The molecule has 136 valence electrons. The van der Waals surface area contributed by atoms with Crippen LogP contribution in [-0.2, 0) is 4.79 Å². The molecule has 1 aliphatic carbocycles.